The summed E-state index contributed by atoms with van der Waals surface area (Å²) in [5.41, 5.74) is 0.273. The third kappa shape index (κ3) is 3.88. The molecule has 1 amide bonds. The number of hydrogen-bond donors (Lipinski definition) is 1. The average molecular weight is 374 g/mol. The van der Waals surface area contributed by atoms with Crippen molar-refractivity contribution in [1.29, 1.82) is 0 Å². The number of ether oxygens (including phenoxy) is 1. The monoisotopic (exact) mass is 374 g/mol. The first-order valence-electron chi connectivity index (χ1n) is 8.66. The number of aromatic nitrogens is 1. The van der Waals surface area contributed by atoms with E-state index in [0.29, 0.717) is 24.4 Å². The van der Waals surface area contributed by atoms with E-state index in [1.54, 1.807) is 36.5 Å². The van der Waals surface area contributed by atoms with Gasteiger partial charge in [0.05, 0.1) is 17.3 Å². The summed E-state index contributed by atoms with van der Waals surface area (Å²) in [6, 6.07) is 9.57. The molecule has 0 bridgehead atoms. The van der Waals surface area contributed by atoms with Crippen LogP contribution in [0.4, 0.5) is 5.82 Å². The van der Waals surface area contributed by atoms with Crippen molar-refractivity contribution in [2.45, 2.75) is 42.2 Å². The molecule has 0 unspecified atom stereocenters. The molecule has 0 aliphatic heterocycles. The molecule has 7 heteroatoms. The van der Waals surface area contributed by atoms with Crippen molar-refractivity contribution in [2.24, 2.45) is 0 Å². The first kappa shape index (κ1) is 18.4. The van der Waals surface area contributed by atoms with Crippen LogP contribution >= 0.6 is 0 Å². The second kappa shape index (κ2) is 7.86. The van der Waals surface area contributed by atoms with Gasteiger partial charge in [0, 0.05) is 11.8 Å². The quantitative estimate of drug-likeness (QED) is 0.866. The number of methoxy groups -OCH3 is 1. The first-order valence-corrected chi connectivity index (χ1v) is 10.2. The van der Waals surface area contributed by atoms with E-state index < -0.39 is 15.7 Å². The molecule has 1 aromatic heterocycles. The van der Waals surface area contributed by atoms with Crippen molar-refractivity contribution < 1.29 is 17.9 Å². The number of sulfone groups is 1. The highest BCUT2D eigenvalue weighted by atomic mass is 32.2. The molecule has 1 aromatic carbocycles. The lowest BCUT2D eigenvalue weighted by atomic mass is 10.0. The third-order valence-electron chi connectivity index (χ3n) is 4.64. The van der Waals surface area contributed by atoms with Crippen LogP contribution in [0.2, 0.25) is 0 Å². The molecule has 2 aromatic rings. The Hall–Kier alpha value is -2.41. The smallest absolute Gasteiger partial charge is 0.256 e. The van der Waals surface area contributed by atoms with Crippen LogP contribution in [0.25, 0.3) is 0 Å². The summed E-state index contributed by atoms with van der Waals surface area (Å²) in [6.07, 6.45) is 5.86. The molecule has 6 nitrogen and oxygen atoms in total. The summed E-state index contributed by atoms with van der Waals surface area (Å²) in [5, 5.41) is 2.31. The highest BCUT2D eigenvalue weighted by Crippen LogP contribution is 2.29. The zero-order chi connectivity index (χ0) is 18.6. The van der Waals surface area contributed by atoms with Gasteiger partial charge in [0.25, 0.3) is 5.91 Å². The van der Waals surface area contributed by atoms with Gasteiger partial charge in [-0.2, -0.15) is 0 Å². The normalized spacial score (nSPS) is 15.4. The molecule has 1 heterocycles. The second-order valence-electron chi connectivity index (χ2n) is 6.34. The van der Waals surface area contributed by atoms with E-state index in [2.05, 4.69) is 10.3 Å². The number of carbonyl (C=O) groups excluding carboxylic acids is 1. The molecular formula is C19H22N2O4S. The van der Waals surface area contributed by atoms with Crippen LogP contribution in [0.5, 0.6) is 5.75 Å². The minimum Gasteiger partial charge on any atom is -0.493 e. The fourth-order valence-electron chi connectivity index (χ4n) is 3.21. The number of nitrogens with zero attached hydrogens (tertiary/aromatic N) is 1. The van der Waals surface area contributed by atoms with Crippen molar-refractivity contribution in [3.8, 4) is 5.75 Å². The van der Waals surface area contributed by atoms with Gasteiger partial charge in [-0.15, -0.1) is 0 Å². The maximum absolute atomic E-state index is 12.9. The molecular weight excluding hydrogens is 352 g/mol. The van der Waals surface area contributed by atoms with Crippen LogP contribution in [-0.4, -0.2) is 31.7 Å². The third-order valence-corrected chi connectivity index (χ3v) is 6.90. The molecule has 0 atom stereocenters. The standard InChI is InChI=1S/C19H22N2O4S/c1-25-17-11-6-12-20-18(17)21-19(22)14-7-5-10-16(13-14)26(23,24)15-8-3-2-4-9-15/h5-7,10-13,15H,2-4,8-9H2,1H3,(H,20,21,22). The highest BCUT2D eigenvalue weighted by Gasteiger charge is 2.29. The maximum Gasteiger partial charge on any atom is 0.256 e. The van der Waals surface area contributed by atoms with Crippen LogP contribution in [0, 0.1) is 0 Å². The topological polar surface area (TPSA) is 85.4 Å². The zero-order valence-electron chi connectivity index (χ0n) is 14.6. The number of nitrogens with one attached hydrogen (secondary N) is 1. The fraction of sp³-hybridized carbons (Fsp3) is 0.368. The molecule has 0 saturated heterocycles. The van der Waals surface area contributed by atoms with Gasteiger partial charge in [-0.3, -0.25) is 4.79 Å². The molecule has 1 saturated carbocycles. The van der Waals surface area contributed by atoms with Gasteiger partial charge in [0.2, 0.25) is 0 Å². The van der Waals surface area contributed by atoms with E-state index in [1.165, 1.54) is 13.2 Å². The van der Waals surface area contributed by atoms with Gasteiger partial charge < -0.3 is 10.1 Å². The molecule has 1 aliphatic rings. The van der Waals surface area contributed by atoms with Crippen LogP contribution < -0.4 is 10.1 Å². The number of benzene rings is 1. The van der Waals surface area contributed by atoms with Gasteiger partial charge in [-0.25, -0.2) is 13.4 Å². The largest absolute Gasteiger partial charge is 0.493 e. The summed E-state index contributed by atoms with van der Waals surface area (Å²) in [5.74, 6) is 0.301. The Morgan fingerprint density at radius 3 is 2.65 bits per heavy atom. The Bertz CT molecular complexity index is 890. The van der Waals surface area contributed by atoms with Crippen LogP contribution in [0.3, 0.4) is 0 Å². The highest BCUT2D eigenvalue weighted by molar-refractivity contribution is 7.92. The Morgan fingerprint density at radius 1 is 1.15 bits per heavy atom. The number of rotatable bonds is 5. The maximum atomic E-state index is 12.9. The molecule has 0 spiro atoms. The summed E-state index contributed by atoms with van der Waals surface area (Å²) in [6.45, 7) is 0. The van der Waals surface area contributed by atoms with Crippen molar-refractivity contribution >= 4 is 21.6 Å². The number of anilines is 1. The fourth-order valence-corrected chi connectivity index (χ4v) is 5.11. The van der Waals surface area contributed by atoms with E-state index in [0.717, 1.165) is 19.3 Å². The first-order chi connectivity index (χ1) is 12.5. The lowest BCUT2D eigenvalue weighted by Gasteiger charge is -2.22. The van der Waals surface area contributed by atoms with Crippen LogP contribution in [-0.2, 0) is 9.84 Å². The van der Waals surface area contributed by atoms with Gasteiger partial charge >= 0.3 is 0 Å². The number of amides is 1. The van der Waals surface area contributed by atoms with Gasteiger partial charge in [-0.1, -0.05) is 25.3 Å². The van der Waals surface area contributed by atoms with Crippen molar-refractivity contribution in [3.63, 3.8) is 0 Å². The minimum atomic E-state index is -3.42. The van der Waals surface area contributed by atoms with E-state index >= 15 is 0 Å². The van der Waals surface area contributed by atoms with Crippen molar-refractivity contribution in [3.05, 3.63) is 48.2 Å². The SMILES string of the molecule is COc1cccnc1NC(=O)c1cccc(S(=O)(=O)C2CCCCC2)c1. The average Bonchev–Trinajstić information content (AvgIpc) is 2.69. The molecule has 26 heavy (non-hydrogen) atoms. The predicted octanol–water partition coefficient (Wildman–Crippen LogP) is 3.45. The summed E-state index contributed by atoms with van der Waals surface area (Å²) >= 11 is 0. The van der Waals surface area contributed by atoms with E-state index in [4.69, 9.17) is 4.74 Å². The van der Waals surface area contributed by atoms with Gasteiger partial charge in [0.1, 0.15) is 0 Å². The van der Waals surface area contributed by atoms with Gasteiger partial charge in [-0.05, 0) is 43.2 Å². The van der Waals surface area contributed by atoms with Crippen LogP contribution in [0.1, 0.15) is 42.5 Å². The Kier molecular flexibility index (Phi) is 5.56. The molecule has 1 N–H and O–H groups in total. The zero-order valence-corrected chi connectivity index (χ0v) is 15.5. The van der Waals surface area contributed by atoms with Crippen LogP contribution in [0.15, 0.2) is 47.5 Å². The summed E-state index contributed by atoms with van der Waals surface area (Å²) in [7, 11) is -1.93. The molecule has 0 radical (unpaired) electrons. The van der Waals surface area contributed by atoms with Gasteiger partial charge in [0.15, 0.2) is 21.4 Å². The minimum absolute atomic E-state index is 0.199. The second-order valence-corrected chi connectivity index (χ2v) is 8.57. The summed E-state index contributed by atoms with van der Waals surface area (Å²) < 4.78 is 30.9. The Balaban J connectivity index is 1.83. The van der Waals surface area contributed by atoms with Crippen molar-refractivity contribution in [1.82, 2.24) is 4.98 Å². The Labute approximate surface area is 153 Å². The lowest BCUT2D eigenvalue weighted by molar-refractivity contribution is 0.102. The number of carbonyl (C=O) groups is 1. The predicted molar refractivity (Wildman–Crippen MR) is 99.2 cm³/mol. The van der Waals surface area contributed by atoms with E-state index in [9.17, 15) is 13.2 Å². The number of pyridine rings is 1. The lowest BCUT2D eigenvalue weighted by Crippen LogP contribution is -2.24. The van der Waals surface area contributed by atoms with E-state index in [-0.39, 0.29) is 15.7 Å². The van der Waals surface area contributed by atoms with Crippen molar-refractivity contribution in [2.75, 3.05) is 12.4 Å². The molecule has 3 rings (SSSR count). The molecule has 1 fully saturated rings. The molecule has 1 aliphatic carbocycles. The Morgan fingerprint density at radius 2 is 1.92 bits per heavy atom. The van der Waals surface area contributed by atoms with E-state index in [1.807, 2.05) is 0 Å². The summed E-state index contributed by atoms with van der Waals surface area (Å²) in [4.78, 5) is 16.8. The number of hydrogen-bond acceptors (Lipinski definition) is 5. The molecule has 138 valence electrons.